The Hall–Kier alpha value is -1.55. The van der Waals surface area contributed by atoms with Gasteiger partial charge in [-0.05, 0) is 26.8 Å². The molecule has 1 aromatic rings. The van der Waals surface area contributed by atoms with Crippen molar-refractivity contribution < 1.29 is 14.3 Å². The van der Waals surface area contributed by atoms with Gasteiger partial charge in [0.25, 0.3) is 0 Å². The molecule has 0 bridgehead atoms. The summed E-state index contributed by atoms with van der Waals surface area (Å²) in [5.74, 6) is 0.656. The molecule has 0 atom stereocenters. The minimum atomic E-state index is -0.189. The minimum Gasteiger partial charge on any atom is -0.496 e. The van der Waals surface area contributed by atoms with Crippen LogP contribution in [-0.2, 0) is 16.1 Å². The molecule has 0 unspecified atom stereocenters. The number of nitrogens with zero attached hydrogens (tertiary/aromatic N) is 1. The van der Waals surface area contributed by atoms with Crippen LogP contribution in [0.1, 0.15) is 26.3 Å². The first-order valence-corrected chi connectivity index (χ1v) is 6.60. The molecule has 0 fully saturated rings. The monoisotopic (exact) mass is 265 g/mol. The van der Waals surface area contributed by atoms with Crippen LogP contribution in [0.3, 0.4) is 0 Å². The summed E-state index contributed by atoms with van der Waals surface area (Å²) >= 11 is 0. The Kier molecular flexibility index (Phi) is 6.36. The molecule has 0 N–H and O–H groups in total. The molecule has 19 heavy (non-hydrogen) atoms. The number of esters is 1. The second kappa shape index (κ2) is 7.79. The van der Waals surface area contributed by atoms with Gasteiger partial charge < -0.3 is 9.47 Å². The van der Waals surface area contributed by atoms with Crippen LogP contribution in [0, 0.1) is 0 Å². The van der Waals surface area contributed by atoms with Crippen LogP contribution in [0.25, 0.3) is 0 Å². The highest BCUT2D eigenvalue weighted by atomic mass is 16.5. The smallest absolute Gasteiger partial charge is 0.320 e. The predicted molar refractivity (Wildman–Crippen MR) is 75.2 cm³/mol. The number of hydrogen-bond acceptors (Lipinski definition) is 4. The van der Waals surface area contributed by atoms with E-state index in [1.165, 1.54) is 0 Å². The van der Waals surface area contributed by atoms with E-state index in [1.54, 1.807) is 7.11 Å². The lowest BCUT2D eigenvalue weighted by Gasteiger charge is -2.26. The first-order chi connectivity index (χ1) is 9.08. The van der Waals surface area contributed by atoms with Crippen molar-refractivity contribution in [3.63, 3.8) is 0 Å². The fourth-order valence-corrected chi connectivity index (χ4v) is 1.85. The van der Waals surface area contributed by atoms with Crippen molar-refractivity contribution in [3.05, 3.63) is 29.8 Å². The molecular weight excluding hydrogens is 242 g/mol. The van der Waals surface area contributed by atoms with Gasteiger partial charge in [0.1, 0.15) is 5.75 Å². The van der Waals surface area contributed by atoms with Gasteiger partial charge in [0, 0.05) is 18.2 Å². The van der Waals surface area contributed by atoms with Crippen LogP contribution in [0.5, 0.6) is 5.75 Å². The summed E-state index contributed by atoms with van der Waals surface area (Å²) in [5, 5.41) is 0. The van der Waals surface area contributed by atoms with Gasteiger partial charge in [-0.2, -0.15) is 0 Å². The molecule has 0 heterocycles. The lowest BCUT2D eigenvalue weighted by molar-refractivity contribution is -0.145. The maximum atomic E-state index is 11.6. The largest absolute Gasteiger partial charge is 0.496 e. The van der Waals surface area contributed by atoms with Crippen molar-refractivity contribution in [1.82, 2.24) is 4.90 Å². The van der Waals surface area contributed by atoms with Gasteiger partial charge in [-0.1, -0.05) is 18.2 Å². The molecule has 4 nitrogen and oxygen atoms in total. The van der Waals surface area contributed by atoms with E-state index in [4.69, 9.17) is 9.47 Å². The standard InChI is InChI=1S/C15H23NO3/c1-5-19-15(17)11-16(12(2)3)10-13-8-6-7-9-14(13)18-4/h6-9,12H,5,10-11H2,1-4H3. The second-order valence-electron chi connectivity index (χ2n) is 4.62. The molecule has 0 aliphatic heterocycles. The SMILES string of the molecule is CCOC(=O)CN(Cc1ccccc1OC)C(C)C. The quantitative estimate of drug-likeness (QED) is 0.710. The number of benzene rings is 1. The third-order valence-electron chi connectivity index (χ3n) is 2.93. The van der Waals surface area contributed by atoms with E-state index < -0.39 is 0 Å². The summed E-state index contributed by atoms with van der Waals surface area (Å²) in [7, 11) is 1.66. The summed E-state index contributed by atoms with van der Waals surface area (Å²) < 4.78 is 10.3. The Labute approximate surface area is 115 Å². The van der Waals surface area contributed by atoms with Crippen LogP contribution in [0.2, 0.25) is 0 Å². The van der Waals surface area contributed by atoms with Crippen molar-refractivity contribution >= 4 is 5.97 Å². The molecule has 0 radical (unpaired) electrons. The van der Waals surface area contributed by atoms with E-state index in [2.05, 4.69) is 18.7 Å². The molecule has 1 aromatic carbocycles. The number of para-hydroxylation sites is 1. The molecule has 0 spiro atoms. The Bertz CT molecular complexity index is 404. The van der Waals surface area contributed by atoms with Crippen LogP contribution in [0.4, 0.5) is 0 Å². The Morgan fingerprint density at radius 3 is 2.58 bits per heavy atom. The second-order valence-corrected chi connectivity index (χ2v) is 4.62. The van der Waals surface area contributed by atoms with Gasteiger partial charge in [0.15, 0.2) is 0 Å². The zero-order chi connectivity index (χ0) is 14.3. The van der Waals surface area contributed by atoms with E-state index in [1.807, 2.05) is 31.2 Å². The maximum Gasteiger partial charge on any atom is 0.320 e. The van der Waals surface area contributed by atoms with E-state index in [-0.39, 0.29) is 12.0 Å². The van der Waals surface area contributed by atoms with E-state index in [0.29, 0.717) is 19.7 Å². The molecule has 0 aliphatic carbocycles. The molecule has 0 aromatic heterocycles. The molecular formula is C15H23NO3. The van der Waals surface area contributed by atoms with Crippen LogP contribution in [-0.4, -0.2) is 37.2 Å². The number of carbonyl (C=O) groups excluding carboxylic acids is 1. The number of rotatable bonds is 7. The first kappa shape index (κ1) is 15.5. The lowest BCUT2D eigenvalue weighted by atomic mass is 10.1. The summed E-state index contributed by atoms with van der Waals surface area (Å²) in [6, 6.07) is 8.11. The number of carbonyl (C=O) groups is 1. The molecule has 0 saturated carbocycles. The van der Waals surface area contributed by atoms with E-state index in [0.717, 1.165) is 11.3 Å². The fraction of sp³-hybridized carbons (Fsp3) is 0.533. The number of methoxy groups -OCH3 is 1. The van der Waals surface area contributed by atoms with Crippen molar-refractivity contribution in [2.75, 3.05) is 20.3 Å². The average Bonchev–Trinajstić information content (AvgIpc) is 2.38. The maximum absolute atomic E-state index is 11.6. The third-order valence-corrected chi connectivity index (χ3v) is 2.93. The molecule has 4 heteroatoms. The summed E-state index contributed by atoms with van der Waals surface area (Å²) in [6.45, 7) is 7.32. The number of ether oxygens (including phenoxy) is 2. The highest BCUT2D eigenvalue weighted by Crippen LogP contribution is 2.20. The van der Waals surface area contributed by atoms with Crippen LogP contribution in [0.15, 0.2) is 24.3 Å². The summed E-state index contributed by atoms with van der Waals surface area (Å²) in [5.41, 5.74) is 1.07. The minimum absolute atomic E-state index is 0.189. The topological polar surface area (TPSA) is 38.8 Å². The first-order valence-electron chi connectivity index (χ1n) is 6.60. The Morgan fingerprint density at radius 2 is 2.00 bits per heavy atom. The van der Waals surface area contributed by atoms with Crippen LogP contribution < -0.4 is 4.74 Å². The van der Waals surface area contributed by atoms with Gasteiger partial charge in [0.05, 0.1) is 20.3 Å². The zero-order valence-electron chi connectivity index (χ0n) is 12.2. The van der Waals surface area contributed by atoms with Gasteiger partial charge in [-0.15, -0.1) is 0 Å². The lowest BCUT2D eigenvalue weighted by Crippen LogP contribution is -2.36. The molecule has 1 rings (SSSR count). The van der Waals surface area contributed by atoms with Gasteiger partial charge in [0.2, 0.25) is 0 Å². The van der Waals surface area contributed by atoms with Crippen molar-refractivity contribution in [2.45, 2.75) is 33.4 Å². The van der Waals surface area contributed by atoms with Crippen molar-refractivity contribution in [1.29, 1.82) is 0 Å². The van der Waals surface area contributed by atoms with Crippen molar-refractivity contribution in [2.24, 2.45) is 0 Å². The Morgan fingerprint density at radius 1 is 1.32 bits per heavy atom. The molecule has 0 aliphatic rings. The number of hydrogen-bond donors (Lipinski definition) is 0. The average molecular weight is 265 g/mol. The normalized spacial score (nSPS) is 10.8. The van der Waals surface area contributed by atoms with Gasteiger partial charge >= 0.3 is 5.97 Å². The fourth-order valence-electron chi connectivity index (χ4n) is 1.85. The molecule has 0 saturated heterocycles. The van der Waals surface area contributed by atoms with Crippen LogP contribution >= 0.6 is 0 Å². The Balaban J connectivity index is 2.75. The summed E-state index contributed by atoms with van der Waals surface area (Å²) in [4.78, 5) is 13.7. The van der Waals surface area contributed by atoms with Crippen molar-refractivity contribution in [3.8, 4) is 5.75 Å². The highest BCUT2D eigenvalue weighted by molar-refractivity contribution is 5.71. The van der Waals surface area contributed by atoms with Gasteiger partial charge in [-0.25, -0.2) is 0 Å². The summed E-state index contributed by atoms with van der Waals surface area (Å²) in [6.07, 6.45) is 0. The molecule has 0 amide bonds. The van der Waals surface area contributed by atoms with E-state index >= 15 is 0 Å². The predicted octanol–water partition coefficient (Wildman–Crippen LogP) is 2.47. The van der Waals surface area contributed by atoms with Gasteiger partial charge in [-0.3, -0.25) is 9.69 Å². The third kappa shape index (κ3) is 4.91. The molecule has 106 valence electrons. The van der Waals surface area contributed by atoms with E-state index in [9.17, 15) is 4.79 Å². The zero-order valence-corrected chi connectivity index (χ0v) is 12.2. The highest BCUT2D eigenvalue weighted by Gasteiger charge is 2.16.